The minimum absolute atomic E-state index is 0.0801. The SMILES string of the molecule is O=C(CN1CCOCC1)Nc1ccc(NC(C(=O)Nc2ccc(F)cc2)c2ccccc2)cc1. The quantitative estimate of drug-likeness (QED) is 0.473. The molecular formula is C26H27FN4O3. The Morgan fingerprint density at radius 1 is 0.824 bits per heavy atom. The highest BCUT2D eigenvalue weighted by atomic mass is 19.1. The van der Waals surface area contributed by atoms with Crippen molar-refractivity contribution in [2.75, 3.05) is 48.8 Å². The van der Waals surface area contributed by atoms with Gasteiger partial charge in [0.2, 0.25) is 5.91 Å². The van der Waals surface area contributed by atoms with Crippen molar-refractivity contribution in [3.05, 3.63) is 90.2 Å². The summed E-state index contributed by atoms with van der Waals surface area (Å²) < 4.78 is 18.5. The summed E-state index contributed by atoms with van der Waals surface area (Å²) in [7, 11) is 0. The van der Waals surface area contributed by atoms with E-state index in [1.807, 2.05) is 42.5 Å². The smallest absolute Gasteiger partial charge is 0.251 e. The Kier molecular flexibility index (Phi) is 7.85. The van der Waals surface area contributed by atoms with E-state index in [1.54, 1.807) is 12.1 Å². The first kappa shape index (κ1) is 23.4. The summed E-state index contributed by atoms with van der Waals surface area (Å²) >= 11 is 0. The number of benzene rings is 3. The standard InChI is InChI=1S/C26H27FN4O3/c27-20-6-8-23(9-7-20)30-26(33)25(19-4-2-1-3-5-19)29-22-12-10-21(11-13-22)28-24(32)18-31-14-16-34-17-15-31/h1-13,25,29H,14-18H2,(H,28,32)(H,30,33). The maximum Gasteiger partial charge on any atom is 0.251 e. The summed E-state index contributed by atoms with van der Waals surface area (Å²) in [4.78, 5) is 27.4. The van der Waals surface area contributed by atoms with Crippen LogP contribution < -0.4 is 16.0 Å². The molecule has 1 aliphatic heterocycles. The van der Waals surface area contributed by atoms with Gasteiger partial charge in [0.15, 0.2) is 0 Å². The highest BCUT2D eigenvalue weighted by Gasteiger charge is 2.21. The average molecular weight is 463 g/mol. The molecule has 3 aromatic rings. The summed E-state index contributed by atoms with van der Waals surface area (Å²) in [5.74, 6) is -0.725. The number of hydrogen-bond acceptors (Lipinski definition) is 5. The molecule has 0 aromatic heterocycles. The summed E-state index contributed by atoms with van der Waals surface area (Å²) in [6, 6.07) is 21.5. The van der Waals surface area contributed by atoms with Crippen molar-refractivity contribution in [1.82, 2.24) is 4.90 Å². The number of carbonyl (C=O) groups is 2. The molecule has 1 saturated heterocycles. The van der Waals surface area contributed by atoms with E-state index in [0.29, 0.717) is 36.8 Å². The lowest BCUT2D eigenvalue weighted by Gasteiger charge is -2.25. The molecular weight excluding hydrogens is 435 g/mol. The third-order valence-electron chi connectivity index (χ3n) is 5.46. The van der Waals surface area contributed by atoms with E-state index >= 15 is 0 Å². The summed E-state index contributed by atoms with van der Waals surface area (Å²) in [5, 5.41) is 8.98. The van der Waals surface area contributed by atoms with Crippen LogP contribution in [0.5, 0.6) is 0 Å². The van der Waals surface area contributed by atoms with Crippen molar-refractivity contribution in [3.63, 3.8) is 0 Å². The zero-order valence-corrected chi connectivity index (χ0v) is 18.7. The molecule has 1 atom stereocenters. The van der Waals surface area contributed by atoms with Crippen molar-refractivity contribution in [3.8, 4) is 0 Å². The zero-order valence-electron chi connectivity index (χ0n) is 18.7. The second-order valence-corrected chi connectivity index (χ2v) is 8.00. The van der Waals surface area contributed by atoms with E-state index in [2.05, 4.69) is 20.9 Å². The molecule has 2 amide bonds. The average Bonchev–Trinajstić information content (AvgIpc) is 2.86. The van der Waals surface area contributed by atoms with Crippen molar-refractivity contribution in [2.45, 2.75) is 6.04 Å². The van der Waals surface area contributed by atoms with Gasteiger partial charge in [-0.25, -0.2) is 4.39 Å². The highest BCUT2D eigenvalue weighted by Crippen LogP contribution is 2.23. The Morgan fingerprint density at radius 2 is 1.41 bits per heavy atom. The van der Waals surface area contributed by atoms with Crippen LogP contribution in [-0.2, 0) is 14.3 Å². The number of amides is 2. The van der Waals surface area contributed by atoms with Gasteiger partial charge in [0.25, 0.3) is 5.91 Å². The topological polar surface area (TPSA) is 82.7 Å². The van der Waals surface area contributed by atoms with E-state index < -0.39 is 6.04 Å². The Labute approximate surface area is 197 Å². The number of nitrogens with one attached hydrogen (secondary N) is 3. The normalized spacial score (nSPS) is 14.7. The minimum atomic E-state index is -0.673. The molecule has 3 N–H and O–H groups in total. The van der Waals surface area contributed by atoms with Gasteiger partial charge >= 0.3 is 0 Å². The molecule has 0 saturated carbocycles. The predicted octanol–water partition coefficient (Wildman–Crippen LogP) is 3.89. The predicted molar refractivity (Wildman–Crippen MR) is 130 cm³/mol. The fourth-order valence-electron chi connectivity index (χ4n) is 3.67. The van der Waals surface area contributed by atoms with Crippen LogP contribution >= 0.6 is 0 Å². The van der Waals surface area contributed by atoms with Crippen molar-refractivity contribution in [1.29, 1.82) is 0 Å². The summed E-state index contributed by atoms with van der Waals surface area (Å²) in [6.07, 6.45) is 0. The lowest BCUT2D eigenvalue weighted by atomic mass is 10.1. The molecule has 1 aliphatic rings. The van der Waals surface area contributed by atoms with Gasteiger partial charge in [-0.2, -0.15) is 0 Å². The number of carbonyl (C=O) groups excluding carboxylic acids is 2. The molecule has 1 fully saturated rings. The summed E-state index contributed by atoms with van der Waals surface area (Å²) in [5.41, 5.74) is 2.68. The fourth-order valence-corrected chi connectivity index (χ4v) is 3.67. The molecule has 1 unspecified atom stereocenters. The van der Waals surface area contributed by atoms with Crippen LogP contribution in [0.25, 0.3) is 0 Å². The molecule has 7 nitrogen and oxygen atoms in total. The van der Waals surface area contributed by atoms with Gasteiger partial charge in [-0.15, -0.1) is 0 Å². The minimum Gasteiger partial charge on any atom is -0.379 e. The van der Waals surface area contributed by atoms with Crippen molar-refractivity contribution >= 4 is 28.9 Å². The zero-order chi connectivity index (χ0) is 23.8. The first-order valence-electron chi connectivity index (χ1n) is 11.1. The second kappa shape index (κ2) is 11.4. The number of ether oxygens (including phenoxy) is 1. The van der Waals surface area contributed by atoms with Gasteiger partial charge in [0.05, 0.1) is 19.8 Å². The van der Waals surface area contributed by atoms with Gasteiger partial charge < -0.3 is 20.7 Å². The van der Waals surface area contributed by atoms with Gasteiger partial charge in [-0.05, 0) is 54.1 Å². The van der Waals surface area contributed by atoms with Crippen LogP contribution in [0.2, 0.25) is 0 Å². The molecule has 34 heavy (non-hydrogen) atoms. The molecule has 8 heteroatoms. The maximum atomic E-state index is 13.2. The largest absolute Gasteiger partial charge is 0.379 e. The molecule has 4 rings (SSSR count). The molecule has 0 radical (unpaired) electrons. The maximum absolute atomic E-state index is 13.2. The molecule has 1 heterocycles. The van der Waals surface area contributed by atoms with Gasteiger partial charge in [0.1, 0.15) is 11.9 Å². The molecule has 0 spiro atoms. The summed E-state index contributed by atoms with van der Waals surface area (Å²) in [6.45, 7) is 3.10. The number of nitrogens with zero attached hydrogens (tertiary/aromatic N) is 1. The van der Waals surface area contributed by atoms with Crippen LogP contribution in [0.1, 0.15) is 11.6 Å². The van der Waals surface area contributed by atoms with Crippen molar-refractivity contribution < 1.29 is 18.7 Å². The molecule has 0 aliphatic carbocycles. The molecule has 3 aromatic carbocycles. The number of rotatable bonds is 8. The third-order valence-corrected chi connectivity index (χ3v) is 5.46. The van der Waals surface area contributed by atoms with E-state index in [1.165, 1.54) is 24.3 Å². The number of halogens is 1. The van der Waals surface area contributed by atoms with Crippen LogP contribution in [-0.4, -0.2) is 49.6 Å². The Balaban J connectivity index is 1.41. The number of anilines is 3. The molecule has 176 valence electrons. The van der Waals surface area contributed by atoms with E-state index in [0.717, 1.165) is 18.7 Å². The highest BCUT2D eigenvalue weighted by molar-refractivity contribution is 5.97. The van der Waals surface area contributed by atoms with Crippen molar-refractivity contribution in [2.24, 2.45) is 0 Å². The van der Waals surface area contributed by atoms with Crippen LogP contribution in [0.4, 0.5) is 21.5 Å². The van der Waals surface area contributed by atoms with E-state index in [4.69, 9.17) is 4.74 Å². The molecule has 0 bridgehead atoms. The Hall–Kier alpha value is -3.75. The first-order chi connectivity index (χ1) is 16.6. The second-order valence-electron chi connectivity index (χ2n) is 8.00. The Bertz CT molecular complexity index is 1090. The first-order valence-corrected chi connectivity index (χ1v) is 11.1. The van der Waals surface area contributed by atoms with Gasteiger partial charge in [0, 0.05) is 30.2 Å². The Morgan fingerprint density at radius 3 is 2.09 bits per heavy atom. The van der Waals surface area contributed by atoms with Gasteiger partial charge in [-0.1, -0.05) is 30.3 Å². The monoisotopic (exact) mass is 462 g/mol. The lowest BCUT2D eigenvalue weighted by Crippen LogP contribution is -2.41. The lowest BCUT2D eigenvalue weighted by molar-refractivity contribution is -0.118. The van der Waals surface area contributed by atoms with Crippen LogP contribution in [0.15, 0.2) is 78.9 Å². The third kappa shape index (κ3) is 6.63. The van der Waals surface area contributed by atoms with E-state index in [9.17, 15) is 14.0 Å². The van der Waals surface area contributed by atoms with Crippen LogP contribution in [0, 0.1) is 5.82 Å². The van der Waals surface area contributed by atoms with Gasteiger partial charge in [-0.3, -0.25) is 14.5 Å². The van der Waals surface area contributed by atoms with Crippen LogP contribution in [0.3, 0.4) is 0 Å². The van der Waals surface area contributed by atoms with E-state index in [-0.39, 0.29) is 17.6 Å². The fraction of sp³-hybridized carbons (Fsp3) is 0.231. The number of morpholine rings is 1. The number of hydrogen-bond donors (Lipinski definition) is 3.